The van der Waals surface area contributed by atoms with Gasteiger partial charge in [0.2, 0.25) is 10.0 Å². The number of carbonyl (C=O) groups excluding carboxylic acids is 1. The van der Waals surface area contributed by atoms with Crippen LogP contribution in [0.3, 0.4) is 0 Å². The van der Waals surface area contributed by atoms with E-state index in [-0.39, 0.29) is 29.6 Å². The first kappa shape index (κ1) is 34.8. The lowest BCUT2D eigenvalue weighted by molar-refractivity contribution is -0.230. The zero-order valence-corrected chi connectivity index (χ0v) is 30.6. The summed E-state index contributed by atoms with van der Waals surface area (Å²) in [5.74, 6) is 0.612. The summed E-state index contributed by atoms with van der Waals surface area (Å²) in [6.07, 6.45) is 9.66. The number of benzene rings is 2. The lowest BCUT2D eigenvalue weighted by Crippen LogP contribution is -2.51. The van der Waals surface area contributed by atoms with Crippen molar-refractivity contribution in [2.24, 2.45) is 23.7 Å². The van der Waals surface area contributed by atoms with Crippen molar-refractivity contribution in [3.63, 3.8) is 0 Å². The van der Waals surface area contributed by atoms with Crippen molar-refractivity contribution in [2.75, 3.05) is 51.9 Å². The van der Waals surface area contributed by atoms with Crippen LogP contribution in [0.15, 0.2) is 48.6 Å². The highest BCUT2D eigenvalue weighted by Gasteiger charge is 2.46. The Labute approximate surface area is 296 Å². The van der Waals surface area contributed by atoms with Gasteiger partial charge in [0.25, 0.3) is 5.91 Å². The van der Waals surface area contributed by atoms with Gasteiger partial charge in [0, 0.05) is 35.0 Å². The number of nitrogens with zero attached hydrogens (tertiary/aromatic N) is 2. The second-order valence-electron chi connectivity index (χ2n) is 15.3. The molecule has 1 amide bonds. The molecule has 2 aliphatic carbocycles. The van der Waals surface area contributed by atoms with Gasteiger partial charge in [-0.2, -0.15) is 0 Å². The van der Waals surface area contributed by atoms with E-state index in [1.54, 1.807) is 13.0 Å². The van der Waals surface area contributed by atoms with Gasteiger partial charge in [-0.15, -0.1) is 0 Å². The Morgan fingerprint density at radius 3 is 2.59 bits per heavy atom. The molecule has 2 aromatic rings. The molecule has 1 N–H and O–H groups in total. The third-order valence-corrected chi connectivity index (χ3v) is 14.2. The minimum absolute atomic E-state index is 0.0362. The van der Waals surface area contributed by atoms with Gasteiger partial charge in [0.05, 0.1) is 36.8 Å². The highest BCUT2D eigenvalue weighted by atomic mass is 35.5. The maximum absolute atomic E-state index is 13.5. The van der Waals surface area contributed by atoms with Crippen LogP contribution in [-0.2, 0) is 31.3 Å². The molecule has 7 rings (SSSR count). The number of hydrogen-bond donors (Lipinski definition) is 1. The minimum Gasteiger partial charge on any atom is -0.490 e. The third-order valence-electron chi connectivity index (χ3n) is 12.1. The van der Waals surface area contributed by atoms with E-state index in [4.69, 9.17) is 25.8 Å². The molecule has 3 aliphatic heterocycles. The SMILES string of the molecule is C[C@@H]1[C@@H](C)C/C=C\[C@H](C2OCC(N(C)C)CO2)[C@@H]2CC[C@H]2CN2C[C@@]3(CCCc4cc(Cl)ccc43)COc3ccc(cc32)C(=O)NS1(=O)=O. The quantitative estimate of drug-likeness (QED) is 0.391. The standard InChI is InChI=1S/C38H50ClN3O6S/c1-24-7-5-9-32(37-46-20-30(21-47-37)41(3)4)31-13-10-28(31)19-42-22-38(16-6-8-26-17-29(39)12-14-33(26)38)23-48-35-15-11-27(18-34(35)42)36(43)40-49(44,45)25(24)2/h5,9,11-12,14-15,17-18,24-25,28,30-32,37H,6-8,10,13,16,19-23H2,1-4H3,(H,40,43)/b9-5-/t24-,25+,28-,30?,31+,32-,37?,38-/m0/s1. The summed E-state index contributed by atoms with van der Waals surface area (Å²) >= 11 is 6.47. The first-order valence-corrected chi connectivity index (χ1v) is 19.8. The summed E-state index contributed by atoms with van der Waals surface area (Å²) in [4.78, 5) is 18.1. The maximum Gasteiger partial charge on any atom is 0.264 e. The molecule has 2 aromatic carbocycles. The average molecular weight is 712 g/mol. The Balaban J connectivity index is 1.28. The van der Waals surface area contributed by atoms with Crippen molar-refractivity contribution in [3.8, 4) is 5.75 Å². The zero-order valence-electron chi connectivity index (χ0n) is 29.1. The molecule has 11 heteroatoms. The number of amides is 1. The minimum atomic E-state index is -3.94. The number of aryl methyl sites for hydroxylation is 1. The molecule has 1 saturated carbocycles. The monoisotopic (exact) mass is 711 g/mol. The molecule has 9 nitrogen and oxygen atoms in total. The van der Waals surface area contributed by atoms with Crippen LogP contribution < -0.4 is 14.4 Å². The fourth-order valence-electron chi connectivity index (χ4n) is 8.56. The van der Waals surface area contributed by atoms with Crippen LogP contribution in [0, 0.1) is 23.7 Å². The van der Waals surface area contributed by atoms with Gasteiger partial charge in [-0.1, -0.05) is 36.7 Å². The number of ether oxygens (including phenoxy) is 3. The van der Waals surface area contributed by atoms with E-state index in [2.05, 4.69) is 38.8 Å². The second-order valence-corrected chi connectivity index (χ2v) is 17.8. The summed E-state index contributed by atoms with van der Waals surface area (Å²) < 4.78 is 48.8. The van der Waals surface area contributed by atoms with Crippen LogP contribution in [0.1, 0.15) is 67.4 Å². The number of carbonyl (C=O) groups is 1. The molecule has 0 unspecified atom stereocenters. The third kappa shape index (κ3) is 6.88. The van der Waals surface area contributed by atoms with Gasteiger partial charge in [0.1, 0.15) is 5.75 Å². The topological polar surface area (TPSA) is 97.4 Å². The first-order valence-electron chi connectivity index (χ1n) is 17.9. The number of likely N-dealkylation sites (N-methyl/N-ethyl adjacent to an activating group) is 1. The largest absolute Gasteiger partial charge is 0.490 e. The summed E-state index contributed by atoms with van der Waals surface area (Å²) in [5, 5.41) is -0.0271. The van der Waals surface area contributed by atoms with Crippen molar-refractivity contribution in [3.05, 3.63) is 70.3 Å². The number of hydrogen-bond acceptors (Lipinski definition) is 8. The molecule has 266 valence electrons. The summed E-state index contributed by atoms with van der Waals surface area (Å²) in [6, 6.07) is 11.8. The van der Waals surface area contributed by atoms with Crippen molar-refractivity contribution in [1.82, 2.24) is 9.62 Å². The summed E-state index contributed by atoms with van der Waals surface area (Å²) in [5.41, 5.74) is 3.42. The van der Waals surface area contributed by atoms with Crippen molar-refractivity contribution in [1.29, 1.82) is 0 Å². The lowest BCUT2D eigenvalue weighted by atomic mass is 9.65. The maximum atomic E-state index is 13.5. The molecule has 0 aromatic heterocycles. The van der Waals surface area contributed by atoms with Crippen LogP contribution in [0.5, 0.6) is 5.75 Å². The van der Waals surface area contributed by atoms with Crippen LogP contribution in [0.2, 0.25) is 5.02 Å². The van der Waals surface area contributed by atoms with Gasteiger partial charge in [-0.25, -0.2) is 13.1 Å². The Bertz CT molecular complexity index is 1690. The molecule has 2 fully saturated rings. The van der Waals surface area contributed by atoms with Gasteiger partial charge >= 0.3 is 0 Å². The number of halogens is 1. The number of fused-ring (bicyclic) bond motifs is 4. The van der Waals surface area contributed by atoms with E-state index in [0.717, 1.165) is 55.9 Å². The number of sulfonamides is 1. The highest BCUT2D eigenvalue weighted by Crippen LogP contribution is 2.48. The summed E-state index contributed by atoms with van der Waals surface area (Å²) in [6.45, 7) is 6.82. The van der Waals surface area contributed by atoms with E-state index in [0.29, 0.717) is 49.4 Å². The number of rotatable bonds is 2. The van der Waals surface area contributed by atoms with Crippen LogP contribution >= 0.6 is 11.6 Å². The Morgan fingerprint density at radius 2 is 1.86 bits per heavy atom. The number of allylic oxidation sites excluding steroid dienone is 1. The number of nitrogens with one attached hydrogen (secondary N) is 1. The normalized spacial score (nSPS) is 35.3. The van der Waals surface area contributed by atoms with Crippen molar-refractivity contribution >= 4 is 33.2 Å². The predicted octanol–water partition coefficient (Wildman–Crippen LogP) is 5.80. The molecule has 5 aliphatic rings. The number of anilines is 1. The Morgan fingerprint density at radius 1 is 1.06 bits per heavy atom. The Hall–Kier alpha value is -2.63. The molecule has 6 atom stereocenters. The Kier molecular flexibility index (Phi) is 9.82. The molecular formula is C38H50ClN3O6S. The van der Waals surface area contributed by atoms with Gasteiger partial charge in [-0.3, -0.25) is 4.79 Å². The van der Waals surface area contributed by atoms with E-state index in [1.807, 2.05) is 39.2 Å². The van der Waals surface area contributed by atoms with Gasteiger partial charge < -0.3 is 24.0 Å². The first-order chi connectivity index (χ1) is 23.4. The molecule has 3 heterocycles. The van der Waals surface area contributed by atoms with E-state index >= 15 is 0 Å². The molecule has 49 heavy (non-hydrogen) atoms. The zero-order chi connectivity index (χ0) is 34.5. The molecule has 0 radical (unpaired) electrons. The second kappa shape index (κ2) is 13.8. The van der Waals surface area contributed by atoms with Crippen molar-refractivity contribution in [2.45, 2.75) is 75.4 Å². The summed E-state index contributed by atoms with van der Waals surface area (Å²) in [7, 11) is 0.157. The van der Waals surface area contributed by atoms with Crippen LogP contribution in [-0.4, -0.2) is 83.8 Å². The van der Waals surface area contributed by atoms with Crippen LogP contribution in [0.25, 0.3) is 0 Å². The van der Waals surface area contributed by atoms with E-state index in [1.165, 1.54) is 11.1 Å². The molecule has 2 bridgehead atoms. The smallest absolute Gasteiger partial charge is 0.264 e. The molecular weight excluding hydrogens is 662 g/mol. The molecule has 1 saturated heterocycles. The fraction of sp³-hybridized carbons (Fsp3) is 0.605. The fourth-order valence-corrected chi connectivity index (χ4v) is 10.0. The van der Waals surface area contributed by atoms with Gasteiger partial charge in [0.15, 0.2) is 6.29 Å². The van der Waals surface area contributed by atoms with Crippen molar-refractivity contribution < 1.29 is 27.4 Å². The highest BCUT2D eigenvalue weighted by molar-refractivity contribution is 7.90. The van der Waals surface area contributed by atoms with Crippen LogP contribution in [0.4, 0.5) is 5.69 Å². The predicted molar refractivity (Wildman–Crippen MR) is 192 cm³/mol. The molecule has 1 spiro atoms. The lowest BCUT2D eigenvalue weighted by Gasteiger charge is -2.48. The van der Waals surface area contributed by atoms with Gasteiger partial charge in [-0.05, 0) is 119 Å². The van der Waals surface area contributed by atoms with E-state index < -0.39 is 21.2 Å². The van der Waals surface area contributed by atoms with E-state index in [9.17, 15) is 13.2 Å². The average Bonchev–Trinajstić information content (AvgIpc) is 3.21.